The second-order valence-electron chi connectivity index (χ2n) is 0.958. The summed E-state index contributed by atoms with van der Waals surface area (Å²) in [7, 11) is 0. The van der Waals surface area contributed by atoms with Crippen molar-refractivity contribution in [3.63, 3.8) is 0 Å². The zero-order chi connectivity index (χ0) is 6.41. The van der Waals surface area contributed by atoms with Crippen LogP contribution >= 0.6 is 0 Å². The molecule has 0 fully saturated rings. The van der Waals surface area contributed by atoms with Gasteiger partial charge in [0.05, 0.1) is 0 Å². The van der Waals surface area contributed by atoms with Crippen molar-refractivity contribution in [2.24, 2.45) is 0 Å². The van der Waals surface area contributed by atoms with E-state index >= 15 is 0 Å². The fourth-order valence-electron chi connectivity index (χ4n) is 0. The number of halogens is 6. The molecule has 0 aliphatic heterocycles. The van der Waals surface area contributed by atoms with Crippen LogP contribution in [0.1, 0.15) is 0 Å². The van der Waals surface area contributed by atoms with E-state index < -0.39 is 19.5 Å². The molecule has 0 spiro atoms. The van der Waals surface area contributed by atoms with E-state index in [2.05, 4.69) is 0 Å². The van der Waals surface area contributed by atoms with Gasteiger partial charge in [0, 0.05) is 19.5 Å². The van der Waals surface area contributed by atoms with Crippen LogP contribution in [0.3, 0.4) is 0 Å². The second kappa shape index (κ2) is 1.54. The number of rotatable bonds is 0. The molecule has 0 unspecified atom stereocenters. The Balaban J connectivity index is 0. The van der Waals surface area contributed by atoms with Crippen LogP contribution in [0.5, 0.6) is 0 Å². The zero-order valence-electron chi connectivity index (χ0n) is 3.05. The summed E-state index contributed by atoms with van der Waals surface area (Å²) in [6.45, 7) is 0. The second-order valence-corrected chi connectivity index (χ2v) is 6.43. The molecule has 0 aromatic heterocycles. The Morgan fingerprint density at radius 2 is 0.625 bits per heavy atom. The Labute approximate surface area is 55.9 Å². The Morgan fingerprint density at radius 3 is 0.625 bits per heavy atom. The molecule has 0 N–H and O–H groups in total. The van der Waals surface area contributed by atoms with Gasteiger partial charge in [-0.25, -0.2) is 0 Å². The molecule has 0 heterocycles. The maximum atomic E-state index is 9.93. The van der Waals surface area contributed by atoms with Crippen LogP contribution in [0.2, 0.25) is 0 Å². The summed E-state index contributed by atoms with van der Waals surface area (Å²) in [6, 6.07) is 0. The minimum absolute atomic E-state index is 0. The van der Waals surface area contributed by atoms with Crippen molar-refractivity contribution in [2.75, 3.05) is 0 Å². The van der Waals surface area contributed by atoms with Crippen molar-refractivity contribution in [1.82, 2.24) is 0 Å². The van der Waals surface area contributed by atoms with E-state index in [1.807, 2.05) is 0 Å². The zero-order valence-corrected chi connectivity index (χ0v) is 7.24. The van der Waals surface area contributed by atoms with Crippen molar-refractivity contribution in [3.05, 3.63) is 0 Å². The van der Waals surface area contributed by atoms with E-state index in [1.165, 1.54) is 0 Å². The molecule has 8 heteroatoms. The third-order valence-electron chi connectivity index (χ3n) is 0. The molecule has 0 saturated heterocycles. The summed E-state index contributed by atoms with van der Waals surface area (Å²) in [4.78, 5) is 0. The van der Waals surface area contributed by atoms with Gasteiger partial charge in [0.2, 0.25) is 0 Å². The van der Waals surface area contributed by atoms with Crippen LogP contribution in [-0.2, 0) is 19.5 Å². The van der Waals surface area contributed by atoms with Crippen molar-refractivity contribution in [3.8, 4) is 0 Å². The number of hydrogen-bond acceptors (Lipinski definition) is 0. The van der Waals surface area contributed by atoms with Gasteiger partial charge in [-0.1, -0.05) is 0 Å². The van der Waals surface area contributed by atoms with E-state index in [-0.39, 0.29) is 19.5 Å². The molecule has 0 atom stereocenters. The van der Waals surface area contributed by atoms with Crippen LogP contribution in [-0.4, -0.2) is 19.5 Å². The summed E-state index contributed by atoms with van der Waals surface area (Å²) in [6.07, 6.45) is 0. The summed E-state index contributed by atoms with van der Waals surface area (Å²) in [5.41, 5.74) is 0. The Kier molecular flexibility index (Phi) is 2.27. The van der Waals surface area contributed by atoms with Gasteiger partial charge in [0.15, 0.2) is 0 Å². The first-order valence-corrected chi connectivity index (χ1v) is 6.80. The van der Waals surface area contributed by atoms with E-state index in [4.69, 9.17) is 0 Å². The molecule has 0 nitrogen and oxygen atoms in total. The quantitative estimate of drug-likeness (QED) is 0.469. The van der Waals surface area contributed by atoms with E-state index in [0.717, 1.165) is 0 Å². The van der Waals surface area contributed by atoms with Gasteiger partial charge >= 0.3 is 36.4 Å². The molecule has 0 rings (SSSR count). The minimum Gasteiger partial charge on any atom is 0 e. The van der Waals surface area contributed by atoms with Gasteiger partial charge < -0.3 is 0 Å². The Hall–Kier alpha value is 1.02. The summed E-state index contributed by atoms with van der Waals surface area (Å²) < 4.78 is 59.6. The molecule has 1 radical (unpaired) electrons. The smallest absolute Gasteiger partial charge is 0 e. The third kappa shape index (κ3) is 244. The van der Waals surface area contributed by atoms with E-state index in [9.17, 15) is 16.9 Å². The van der Waals surface area contributed by atoms with E-state index in [1.54, 1.807) is 0 Å². The van der Waals surface area contributed by atoms with Gasteiger partial charge in [-0.15, -0.1) is 0 Å². The molecular weight excluding hydrogens is 339 g/mol. The first-order valence-electron chi connectivity index (χ1n) is 1.01. The average Bonchev–Trinajstić information content (AvgIpc) is 0.592. The largest absolute Gasteiger partial charge is 0 e. The van der Waals surface area contributed by atoms with Crippen molar-refractivity contribution >= 4 is 19.5 Å². The summed E-state index contributed by atoms with van der Waals surface area (Å²) >= 11 is -11.2. The summed E-state index contributed by atoms with van der Waals surface area (Å²) in [5.74, 6) is 0. The van der Waals surface area contributed by atoms with Crippen LogP contribution in [0.25, 0.3) is 0 Å². The van der Waals surface area contributed by atoms with Crippen molar-refractivity contribution < 1.29 is 36.4 Å². The topological polar surface area (TPSA) is 0 Å². The van der Waals surface area contributed by atoms with E-state index in [0.29, 0.717) is 0 Å². The maximum absolute atomic E-state index is 11.2. The van der Waals surface area contributed by atoms with Gasteiger partial charge in [-0.3, -0.25) is 0 Å². The fraction of sp³-hybridized carbons (Fsp3) is 0. The molecule has 0 aromatic rings. The van der Waals surface area contributed by atoms with Crippen LogP contribution in [0.15, 0.2) is 0 Å². The predicted octanol–water partition coefficient (Wildman–Crippen LogP) is 2.14. The molecule has 0 aromatic carbocycles. The minimum atomic E-state index is -11.2. The maximum Gasteiger partial charge on any atom is 0 e. The molecule has 0 bridgehead atoms. The molecular formula is F6RhSb-. The van der Waals surface area contributed by atoms with Gasteiger partial charge in [0.25, 0.3) is 0 Å². The monoisotopic (exact) mass is 338 g/mol. The molecule has 8 heavy (non-hydrogen) atoms. The Morgan fingerprint density at radius 1 is 0.625 bits per heavy atom. The van der Waals surface area contributed by atoms with Gasteiger partial charge in [0.1, 0.15) is 0 Å². The molecule has 0 amide bonds. The Bertz CT molecular complexity index is 67.1. The van der Waals surface area contributed by atoms with Gasteiger partial charge in [-0.05, 0) is 0 Å². The molecule has 57 valence electrons. The first-order chi connectivity index (χ1) is 2.45. The average molecular weight is 339 g/mol. The molecule has 0 aliphatic carbocycles. The predicted molar refractivity (Wildman–Crippen MR) is 12.4 cm³/mol. The van der Waals surface area contributed by atoms with Crippen LogP contribution in [0.4, 0.5) is 16.9 Å². The van der Waals surface area contributed by atoms with Gasteiger partial charge in [-0.2, -0.15) is 0 Å². The van der Waals surface area contributed by atoms with Crippen molar-refractivity contribution in [1.29, 1.82) is 0 Å². The third-order valence-corrected chi connectivity index (χ3v) is 0. The summed E-state index contributed by atoms with van der Waals surface area (Å²) in [5, 5.41) is 0. The SMILES string of the molecule is [F][Sb-]([F])([F])([F])([F])[F].[Rh]. The first kappa shape index (κ1) is 11.8. The normalized spacial score (nSPS) is 20.2. The molecule has 0 aliphatic rings. The van der Waals surface area contributed by atoms with Crippen LogP contribution < -0.4 is 0 Å². The molecule has 0 saturated carbocycles. The van der Waals surface area contributed by atoms with Crippen LogP contribution in [0, 0.1) is 0 Å². The van der Waals surface area contributed by atoms with Crippen molar-refractivity contribution in [2.45, 2.75) is 0 Å². The standard InChI is InChI=1S/6FH.Rh.Sb/h6*1H;;/q;;;;;;;+5/p-6. The fourth-order valence-corrected chi connectivity index (χ4v) is 0. The number of hydrogen-bond donors (Lipinski definition) is 0.